The van der Waals surface area contributed by atoms with Gasteiger partial charge in [0.2, 0.25) is 0 Å². The summed E-state index contributed by atoms with van der Waals surface area (Å²) in [6.07, 6.45) is 15.5. The monoisotopic (exact) mass is 950 g/mol. The van der Waals surface area contributed by atoms with Gasteiger partial charge in [-0.05, 0) is 127 Å². The van der Waals surface area contributed by atoms with E-state index in [4.69, 9.17) is 23.5 Å². The van der Waals surface area contributed by atoms with Crippen LogP contribution >= 0.6 is 0 Å². The van der Waals surface area contributed by atoms with Crippen molar-refractivity contribution in [2.75, 3.05) is 46.1 Å². The normalized spacial score (nSPS) is 27.3. The lowest BCUT2D eigenvalue weighted by Crippen LogP contribution is -2.51. The topological polar surface area (TPSA) is 150 Å². The summed E-state index contributed by atoms with van der Waals surface area (Å²) in [4.78, 5) is 41.9. The molecule has 4 fully saturated rings. The van der Waals surface area contributed by atoms with Crippen molar-refractivity contribution in [3.05, 3.63) is 64.9 Å². The summed E-state index contributed by atoms with van der Waals surface area (Å²) in [6.45, 7) is 21.5. The van der Waals surface area contributed by atoms with E-state index in [2.05, 4.69) is 56.1 Å². The van der Waals surface area contributed by atoms with Gasteiger partial charge in [0.25, 0.3) is 5.91 Å². The van der Waals surface area contributed by atoms with Gasteiger partial charge in [0.1, 0.15) is 30.8 Å². The van der Waals surface area contributed by atoms with Crippen molar-refractivity contribution in [1.29, 1.82) is 0 Å². The Morgan fingerprint density at radius 1 is 0.928 bits per heavy atom. The molecule has 4 aliphatic carbocycles. The number of phenolic OH excluding ortho intramolecular Hbond substituents is 1. The molecular weight excluding hydrogens is 871 g/mol. The van der Waals surface area contributed by atoms with E-state index in [1.165, 1.54) is 56.6 Å². The second-order valence-corrected chi connectivity index (χ2v) is 22.4. The SMILES string of the molecule is CCNC(=O)c1noc(-c2cc(C(C)C)c(OC(=O)COCC(=O)OC3CCC4(C)C(=CCC5[C@@H]4CCC4(C)C([C@H](C)CCCC(C)C)CC[C@@H]54)C3)cc2O)c1-c1ccc(CN2CCOCC2)cc1. The maximum absolute atomic E-state index is 13.3. The van der Waals surface area contributed by atoms with Crippen molar-refractivity contribution in [1.82, 2.24) is 15.4 Å². The van der Waals surface area contributed by atoms with E-state index < -0.39 is 24.5 Å². The highest BCUT2D eigenvalue weighted by atomic mass is 16.6. The lowest BCUT2D eigenvalue weighted by atomic mass is 9.47. The predicted octanol–water partition coefficient (Wildman–Crippen LogP) is 11.3. The quantitative estimate of drug-likeness (QED) is 0.0713. The number of carbonyl (C=O) groups excluding carboxylic acids is 3. The zero-order valence-corrected chi connectivity index (χ0v) is 42.7. The highest BCUT2D eigenvalue weighted by Crippen LogP contribution is 2.67. The Labute approximate surface area is 410 Å². The Hall–Kier alpha value is -4.52. The van der Waals surface area contributed by atoms with Gasteiger partial charge in [-0.1, -0.05) is 109 Å². The van der Waals surface area contributed by atoms with Gasteiger partial charge in [-0.25, -0.2) is 9.59 Å². The molecule has 1 amide bonds. The number of rotatable bonds is 18. The molecule has 0 spiro atoms. The molecule has 3 saturated carbocycles. The van der Waals surface area contributed by atoms with Crippen LogP contribution in [-0.4, -0.2) is 85.2 Å². The summed E-state index contributed by atoms with van der Waals surface area (Å²) < 4.78 is 28.7. The van der Waals surface area contributed by atoms with Gasteiger partial charge in [0.15, 0.2) is 11.5 Å². The molecule has 3 aromatic rings. The van der Waals surface area contributed by atoms with Crippen LogP contribution in [0.25, 0.3) is 22.5 Å². The second-order valence-electron chi connectivity index (χ2n) is 22.4. The molecule has 1 aromatic heterocycles. The van der Waals surface area contributed by atoms with E-state index in [1.807, 2.05) is 45.0 Å². The Morgan fingerprint density at radius 3 is 2.41 bits per heavy atom. The first kappa shape index (κ1) is 50.9. The average Bonchev–Trinajstić information content (AvgIpc) is 3.91. The van der Waals surface area contributed by atoms with E-state index in [0.29, 0.717) is 53.3 Å². The van der Waals surface area contributed by atoms with E-state index in [-0.39, 0.29) is 47.0 Å². The van der Waals surface area contributed by atoms with Crippen LogP contribution in [0.15, 0.2) is 52.6 Å². The fourth-order valence-electron chi connectivity index (χ4n) is 13.6. The summed E-state index contributed by atoms with van der Waals surface area (Å²) in [5.74, 6) is 3.00. The van der Waals surface area contributed by atoms with Gasteiger partial charge in [0.05, 0.1) is 24.3 Å². The molecule has 5 aliphatic rings. The molecule has 12 heteroatoms. The number of hydrogen-bond donors (Lipinski definition) is 2. The van der Waals surface area contributed by atoms with Crippen LogP contribution in [0, 0.1) is 46.3 Å². The molecule has 69 heavy (non-hydrogen) atoms. The molecular formula is C57H79N3O9. The zero-order chi connectivity index (χ0) is 49.0. The third kappa shape index (κ3) is 11.0. The molecule has 0 bridgehead atoms. The molecule has 2 aromatic carbocycles. The number of aromatic nitrogens is 1. The van der Waals surface area contributed by atoms with Crippen molar-refractivity contribution in [3.8, 4) is 33.9 Å². The number of aromatic hydroxyl groups is 1. The Morgan fingerprint density at radius 2 is 1.68 bits per heavy atom. The number of ether oxygens (including phenoxy) is 4. The van der Waals surface area contributed by atoms with Gasteiger partial charge in [0, 0.05) is 38.7 Å². The maximum Gasteiger partial charge on any atom is 0.337 e. The largest absolute Gasteiger partial charge is 0.507 e. The fraction of sp³-hybridized carbons (Fsp3) is 0.649. The summed E-state index contributed by atoms with van der Waals surface area (Å²) in [7, 11) is 0. The smallest absolute Gasteiger partial charge is 0.337 e. The second kappa shape index (κ2) is 21.9. The van der Waals surface area contributed by atoms with Crippen molar-refractivity contribution < 1.29 is 43.0 Å². The minimum atomic E-state index is -0.721. The number of hydrogen-bond acceptors (Lipinski definition) is 11. The van der Waals surface area contributed by atoms with E-state index in [9.17, 15) is 19.5 Å². The van der Waals surface area contributed by atoms with Gasteiger partial charge < -0.3 is 33.9 Å². The summed E-state index contributed by atoms with van der Waals surface area (Å²) in [6, 6.07) is 11.0. The summed E-state index contributed by atoms with van der Waals surface area (Å²) >= 11 is 0. The van der Waals surface area contributed by atoms with Crippen LogP contribution in [0.2, 0.25) is 0 Å². The number of benzene rings is 2. The number of esters is 2. The van der Waals surface area contributed by atoms with Crippen LogP contribution in [0.5, 0.6) is 11.5 Å². The Kier molecular flexibility index (Phi) is 16.1. The van der Waals surface area contributed by atoms with E-state index in [0.717, 1.165) is 80.5 Å². The average molecular weight is 950 g/mol. The third-order valence-corrected chi connectivity index (χ3v) is 17.2. The highest BCUT2D eigenvalue weighted by molar-refractivity contribution is 6.02. The van der Waals surface area contributed by atoms with Crippen LogP contribution in [0.3, 0.4) is 0 Å². The number of phenols is 1. The van der Waals surface area contributed by atoms with Gasteiger partial charge in [-0.3, -0.25) is 9.69 Å². The summed E-state index contributed by atoms with van der Waals surface area (Å²) in [5.41, 5.74) is 5.31. The van der Waals surface area contributed by atoms with Crippen LogP contribution in [-0.2, 0) is 30.3 Å². The molecule has 1 aliphatic heterocycles. The van der Waals surface area contributed by atoms with Crippen LogP contribution in [0.1, 0.15) is 154 Å². The van der Waals surface area contributed by atoms with Crippen LogP contribution < -0.4 is 10.1 Å². The number of morpholine rings is 1. The van der Waals surface area contributed by atoms with Crippen LogP contribution in [0.4, 0.5) is 0 Å². The minimum absolute atomic E-state index is 0.0946. The molecule has 8 atom stereocenters. The number of nitrogens with one attached hydrogen (secondary N) is 1. The Bertz CT molecular complexity index is 2310. The molecule has 8 rings (SSSR count). The molecule has 12 nitrogen and oxygen atoms in total. The lowest BCUT2D eigenvalue weighted by Gasteiger charge is -2.58. The minimum Gasteiger partial charge on any atom is -0.507 e. The first-order chi connectivity index (χ1) is 33.1. The van der Waals surface area contributed by atoms with Gasteiger partial charge >= 0.3 is 11.9 Å². The molecule has 0 radical (unpaired) electrons. The maximum atomic E-state index is 13.3. The van der Waals surface area contributed by atoms with Crippen molar-refractivity contribution >= 4 is 17.8 Å². The van der Waals surface area contributed by atoms with Gasteiger partial charge in [-0.2, -0.15) is 0 Å². The first-order valence-electron chi connectivity index (χ1n) is 26.3. The first-order valence-corrected chi connectivity index (χ1v) is 26.3. The number of allylic oxidation sites excluding steroid dienone is 1. The van der Waals surface area contributed by atoms with E-state index in [1.54, 1.807) is 6.07 Å². The predicted molar refractivity (Wildman–Crippen MR) is 267 cm³/mol. The Balaban J connectivity index is 0.862. The van der Waals surface area contributed by atoms with Crippen molar-refractivity contribution in [3.63, 3.8) is 0 Å². The molecule has 1 saturated heterocycles. The molecule has 2 heterocycles. The summed E-state index contributed by atoms with van der Waals surface area (Å²) in [5, 5.41) is 18.5. The third-order valence-electron chi connectivity index (χ3n) is 17.2. The number of amides is 1. The number of carbonyl (C=O) groups is 3. The van der Waals surface area contributed by atoms with Crippen molar-refractivity contribution in [2.24, 2.45) is 46.3 Å². The zero-order valence-electron chi connectivity index (χ0n) is 42.7. The standard InChI is InChI=1S/C57H79N3O9/c1-9-58-55(64)53-52(39-15-13-38(14-16-39)32-60-25-27-65-28-26-60)54(69-59-53)44-30-43(36(4)5)49(31-48(44)61)68-51(63)34-66-33-50(62)67-41-21-23-56(7)40(29-41)17-18-42-46-20-19-45(37(6)12-10-11-35(2)3)57(46,8)24-22-47(42)56/h13-17,30-31,35-37,41-42,45-47,61H,9-12,18-29,32-34H2,1-8H3,(H,58,64)/t37-,41?,42?,45?,46+,47+,56?,57?/m1/s1. The molecule has 376 valence electrons. The molecule has 5 unspecified atom stereocenters. The number of nitrogens with zero attached hydrogens (tertiary/aromatic N) is 2. The number of fused-ring (bicyclic) bond motifs is 5. The fourth-order valence-corrected chi connectivity index (χ4v) is 13.6. The molecule has 2 N–H and O–H groups in total. The highest BCUT2D eigenvalue weighted by Gasteiger charge is 2.59. The lowest BCUT2D eigenvalue weighted by molar-refractivity contribution is -0.158. The van der Waals surface area contributed by atoms with Gasteiger partial charge in [-0.15, -0.1) is 0 Å². The van der Waals surface area contributed by atoms with Crippen molar-refractivity contribution in [2.45, 2.75) is 145 Å². The van der Waals surface area contributed by atoms with E-state index >= 15 is 0 Å².